The molecule has 0 saturated carbocycles. The summed E-state index contributed by atoms with van der Waals surface area (Å²) < 4.78 is 33.1. The van der Waals surface area contributed by atoms with Crippen molar-refractivity contribution in [1.82, 2.24) is 18.8 Å². The highest BCUT2D eigenvalue weighted by Gasteiger charge is 2.20. The van der Waals surface area contributed by atoms with Gasteiger partial charge in [0.2, 0.25) is 10.0 Å². The van der Waals surface area contributed by atoms with Crippen LogP contribution in [0.1, 0.15) is 27.4 Å². The lowest BCUT2D eigenvalue weighted by molar-refractivity contribution is 0.102. The average molecular weight is 454 g/mol. The molecule has 0 atom stereocenters. The smallest absolute Gasteiger partial charge is 0.256 e. The zero-order chi connectivity index (χ0) is 23.0. The monoisotopic (exact) mass is 453 g/mol. The predicted octanol–water partition coefficient (Wildman–Crippen LogP) is 3.19. The molecule has 166 valence electrons. The fourth-order valence-electron chi connectivity index (χ4n) is 3.48. The molecular weight excluding hydrogens is 430 g/mol. The molecule has 0 unspecified atom stereocenters. The summed E-state index contributed by atoms with van der Waals surface area (Å²) in [6.45, 7) is 4.45. The van der Waals surface area contributed by atoms with Crippen LogP contribution in [-0.2, 0) is 16.6 Å². The van der Waals surface area contributed by atoms with Crippen molar-refractivity contribution in [3.8, 4) is 0 Å². The predicted molar refractivity (Wildman–Crippen MR) is 120 cm³/mol. The van der Waals surface area contributed by atoms with Crippen molar-refractivity contribution in [2.75, 3.05) is 19.4 Å². The number of hydrogen-bond donors (Lipinski definition) is 1. The number of sulfonamides is 1. The molecule has 0 radical (unpaired) electrons. The van der Waals surface area contributed by atoms with Crippen LogP contribution >= 0.6 is 0 Å². The number of hydrogen-bond acceptors (Lipinski definition) is 6. The summed E-state index contributed by atoms with van der Waals surface area (Å²) >= 11 is 0. The van der Waals surface area contributed by atoms with Crippen molar-refractivity contribution < 1.29 is 17.6 Å². The van der Waals surface area contributed by atoms with Crippen molar-refractivity contribution in [3.63, 3.8) is 0 Å². The molecule has 0 saturated heterocycles. The first kappa shape index (κ1) is 21.7. The van der Waals surface area contributed by atoms with Gasteiger partial charge in [-0.2, -0.15) is 0 Å². The zero-order valence-corrected chi connectivity index (χ0v) is 19.0. The molecule has 1 aromatic carbocycles. The first-order valence-electron chi connectivity index (χ1n) is 9.87. The quantitative estimate of drug-likeness (QED) is 0.480. The number of aryl methyl sites for hydroxylation is 1. The Morgan fingerprint density at radius 1 is 1.12 bits per heavy atom. The van der Waals surface area contributed by atoms with Crippen LogP contribution in [0, 0.1) is 13.8 Å². The molecule has 9 nitrogen and oxygen atoms in total. The van der Waals surface area contributed by atoms with Gasteiger partial charge in [-0.25, -0.2) is 22.7 Å². The van der Waals surface area contributed by atoms with Crippen LogP contribution in [-0.4, -0.2) is 47.3 Å². The van der Waals surface area contributed by atoms with Crippen molar-refractivity contribution in [1.29, 1.82) is 0 Å². The Kier molecular flexibility index (Phi) is 5.57. The molecule has 4 aromatic rings. The Balaban J connectivity index is 1.65. The fraction of sp³-hybridized carbons (Fsp3) is 0.227. The number of amides is 1. The van der Waals surface area contributed by atoms with E-state index in [9.17, 15) is 13.2 Å². The van der Waals surface area contributed by atoms with Crippen molar-refractivity contribution in [2.45, 2.75) is 25.3 Å². The van der Waals surface area contributed by atoms with Crippen LogP contribution < -0.4 is 5.32 Å². The standard InChI is InChI=1S/C22H23N5O4S/c1-14-15(2)27(12-17-6-5-11-31-17)21-19(14)20(23-13-24-21)25-22(28)16-7-9-18(10-8-16)32(29,30)26(3)4/h5-11,13H,12H2,1-4H3,(H,23,24,25,28). The highest BCUT2D eigenvalue weighted by Crippen LogP contribution is 2.29. The van der Waals surface area contributed by atoms with E-state index < -0.39 is 15.9 Å². The van der Waals surface area contributed by atoms with Crippen molar-refractivity contribution >= 4 is 32.8 Å². The van der Waals surface area contributed by atoms with E-state index in [1.165, 1.54) is 44.7 Å². The number of fused-ring (bicyclic) bond motifs is 1. The summed E-state index contributed by atoms with van der Waals surface area (Å²) in [5.41, 5.74) is 2.95. The second-order valence-electron chi connectivity index (χ2n) is 7.56. The number of nitrogens with zero attached hydrogens (tertiary/aromatic N) is 4. The molecule has 10 heteroatoms. The van der Waals surface area contributed by atoms with E-state index in [1.54, 1.807) is 6.26 Å². The number of rotatable bonds is 6. The molecule has 0 bridgehead atoms. The Morgan fingerprint density at radius 2 is 1.84 bits per heavy atom. The third kappa shape index (κ3) is 3.78. The summed E-state index contributed by atoms with van der Waals surface area (Å²) in [4.78, 5) is 21.7. The molecule has 0 fully saturated rings. The SMILES string of the molecule is Cc1c(C)n(Cc2ccco2)c2ncnc(NC(=O)c3ccc(S(=O)(=O)N(C)C)cc3)c12. The molecular formula is C22H23N5O4S. The first-order chi connectivity index (χ1) is 15.2. The van der Waals surface area contributed by atoms with Crippen LogP contribution in [0.15, 0.2) is 58.3 Å². The summed E-state index contributed by atoms with van der Waals surface area (Å²) in [5.74, 6) is 0.792. The van der Waals surface area contributed by atoms with E-state index in [0.717, 1.165) is 26.7 Å². The highest BCUT2D eigenvalue weighted by molar-refractivity contribution is 7.89. The van der Waals surface area contributed by atoms with Gasteiger partial charge >= 0.3 is 0 Å². The van der Waals surface area contributed by atoms with E-state index in [0.29, 0.717) is 23.6 Å². The van der Waals surface area contributed by atoms with Gasteiger partial charge < -0.3 is 14.3 Å². The number of carbonyl (C=O) groups is 1. The second-order valence-corrected chi connectivity index (χ2v) is 9.71. The first-order valence-corrected chi connectivity index (χ1v) is 11.3. The van der Waals surface area contributed by atoms with Gasteiger partial charge in [0.1, 0.15) is 23.6 Å². The van der Waals surface area contributed by atoms with Gasteiger partial charge in [-0.3, -0.25) is 4.79 Å². The molecule has 1 N–H and O–H groups in total. The lowest BCUT2D eigenvalue weighted by Gasteiger charge is -2.12. The largest absolute Gasteiger partial charge is 0.467 e. The van der Waals surface area contributed by atoms with Gasteiger partial charge in [0.25, 0.3) is 5.91 Å². The Labute approximate surface area is 185 Å². The minimum atomic E-state index is -3.57. The zero-order valence-electron chi connectivity index (χ0n) is 18.2. The fourth-order valence-corrected chi connectivity index (χ4v) is 4.39. The third-order valence-electron chi connectivity index (χ3n) is 5.43. The van der Waals surface area contributed by atoms with Crippen LogP contribution in [0.4, 0.5) is 5.82 Å². The molecule has 0 aliphatic rings. The van der Waals surface area contributed by atoms with Gasteiger partial charge in [-0.15, -0.1) is 0 Å². The van der Waals surface area contributed by atoms with E-state index in [2.05, 4.69) is 15.3 Å². The minimum absolute atomic E-state index is 0.116. The van der Waals surface area contributed by atoms with Crippen LogP contribution in [0.2, 0.25) is 0 Å². The van der Waals surface area contributed by atoms with Gasteiger partial charge in [-0.1, -0.05) is 0 Å². The third-order valence-corrected chi connectivity index (χ3v) is 7.26. The number of furan rings is 1. The van der Waals surface area contributed by atoms with Crippen LogP contribution in [0.3, 0.4) is 0 Å². The topological polar surface area (TPSA) is 110 Å². The normalized spacial score (nSPS) is 11.9. The lowest BCUT2D eigenvalue weighted by Crippen LogP contribution is -2.22. The van der Waals surface area contributed by atoms with Crippen molar-refractivity contribution in [2.24, 2.45) is 0 Å². The van der Waals surface area contributed by atoms with E-state index in [1.807, 2.05) is 30.5 Å². The van der Waals surface area contributed by atoms with Gasteiger partial charge in [0.15, 0.2) is 0 Å². The molecule has 3 aromatic heterocycles. The van der Waals surface area contributed by atoms with Gasteiger partial charge in [0, 0.05) is 25.4 Å². The maximum atomic E-state index is 12.9. The molecule has 0 aliphatic heterocycles. The summed E-state index contributed by atoms with van der Waals surface area (Å²) in [5, 5.41) is 3.58. The van der Waals surface area contributed by atoms with E-state index in [-0.39, 0.29) is 4.90 Å². The summed E-state index contributed by atoms with van der Waals surface area (Å²) in [7, 11) is -0.652. The average Bonchev–Trinajstić information content (AvgIpc) is 3.37. The minimum Gasteiger partial charge on any atom is -0.467 e. The van der Waals surface area contributed by atoms with Crippen LogP contribution in [0.5, 0.6) is 0 Å². The number of anilines is 1. The van der Waals surface area contributed by atoms with Gasteiger partial charge in [0.05, 0.1) is 23.1 Å². The Morgan fingerprint density at radius 3 is 2.47 bits per heavy atom. The molecule has 3 heterocycles. The van der Waals surface area contributed by atoms with Crippen molar-refractivity contribution in [3.05, 3.63) is 71.6 Å². The number of aromatic nitrogens is 3. The Bertz CT molecular complexity index is 1390. The lowest BCUT2D eigenvalue weighted by atomic mass is 10.2. The molecule has 0 aliphatic carbocycles. The summed E-state index contributed by atoms with van der Waals surface area (Å²) in [6, 6.07) is 9.50. The highest BCUT2D eigenvalue weighted by atomic mass is 32.2. The van der Waals surface area contributed by atoms with Crippen LogP contribution in [0.25, 0.3) is 11.0 Å². The molecule has 32 heavy (non-hydrogen) atoms. The second kappa shape index (κ2) is 8.21. The maximum absolute atomic E-state index is 12.9. The number of nitrogens with one attached hydrogen (secondary N) is 1. The van der Waals surface area contributed by atoms with E-state index >= 15 is 0 Å². The van der Waals surface area contributed by atoms with Gasteiger partial charge in [-0.05, 0) is 55.8 Å². The summed E-state index contributed by atoms with van der Waals surface area (Å²) in [6.07, 6.45) is 3.03. The molecule has 4 rings (SSSR count). The molecule has 1 amide bonds. The number of carbonyl (C=O) groups excluding carboxylic acids is 1. The Hall–Kier alpha value is -3.50. The number of benzene rings is 1. The maximum Gasteiger partial charge on any atom is 0.256 e. The molecule has 0 spiro atoms. The van der Waals surface area contributed by atoms with E-state index in [4.69, 9.17) is 4.42 Å².